The van der Waals surface area contributed by atoms with Crippen LogP contribution in [0.2, 0.25) is 0 Å². The van der Waals surface area contributed by atoms with Crippen molar-refractivity contribution in [1.82, 2.24) is 9.62 Å². The van der Waals surface area contributed by atoms with Crippen LogP contribution in [0.1, 0.15) is 23.7 Å². The average molecular weight is 284 g/mol. The van der Waals surface area contributed by atoms with Crippen LogP contribution in [0.4, 0.5) is 0 Å². The maximum atomic E-state index is 11.9. The topological polar surface area (TPSA) is 66.5 Å². The third-order valence-corrected chi connectivity index (χ3v) is 4.12. The number of hydrogen-bond acceptors (Lipinski definition) is 4. The van der Waals surface area contributed by atoms with E-state index in [0.717, 1.165) is 13.0 Å². The Hall–Kier alpha value is -1.24. The van der Waals surface area contributed by atoms with E-state index in [2.05, 4.69) is 4.72 Å². The molecule has 1 rings (SSSR count). The van der Waals surface area contributed by atoms with Crippen LogP contribution in [-0.2, 0) is 10.0 Å². The zero-order chi connectivity index (χ0) is 14.5. The molecule has 0 saturated carbocycles. The number of nitrogens with zero attached hydrogens (tertiary/aromatic N) is 1. The van der Waals surface area contributed by atoms with Crippen molar-refractivity contribution in [2.45, 2.75) is 18.2 Å². The van der Waals surface area contributed by atoms with E-state index < -0.39 is 10.0 Å². The van der Waals surface area contributed by atoms with Crippen LogP contribution in [0.25, 0.3) is 0 Å². The molecule has 1 aromatic carbocycles. The average Bonchev–Trinajstić information content (AvgIpc) is 2.34. The van der Waals surface area contributed by atoms with Crippen LogP contribution in [-0.4, -0.2) is 46.3 Å². The molecule has 19 heavy (non-hydrogen) atoms. The van der Waals surface area contributed by atoms with Crippen molar-refractivity contribution < 1.29 is 13.2 Å². The van der Waals surface area contributed by atoms with Gasteiger partial charge in [0.25, 0.3) is 0 Å². The Labute approximate surface area is 114 Å². The van der Waals surface area contributed by atoms with Gasteiger partial charge >= 0.3 is 0 Å². The predicted molar refractivity (Wildman–Crippen MR) is 74.8 cm³/mol. The van der Waals surface area contributed by atoms with Gasteiger partial charge < -0.3 is 4.90 Å². The molecule has 0 aromatic heterocycles. The summed E-state index contributed by atoms with van der Waals surface area (Å²) in [5, 5.41) is 0. The van der Waals surface area contributed by atoms with Gasteiger partial charge in [-0.1, -0.05) is 12.1 Å². The number of nitrogens with one attached hydrogen (secondary N) is 1. The van der Waals surface area contributed by atoms with Crippen molar-refractivity contribution in [3.63, 3.8) is 0 Å². The van der Waals surface area contributed by atoms with Crippen molar-refractivity contribution in [3.05, 3.63) is 29.8 Å². The molecule has 0 bridgehead atoms. The van der Waals surface area contributed by atoms with Crippen molar-refractivity contribution in [2.75, 3.05) is 27.2 Å². The van der Waals surface area contributed by atoms with Gasteiger partial charge in [0.15, 0.2) is 5.78 Å². The minimum absolute atomic E-state index is 0.0807. The molecule has 0 aliphatic carbocycles. The number of Topliss-reactive ketones (excluding diaryl/α,β-unsaturated/α-hetero) is 1. The predicted octanol–water partition coefficient (Wildman–Crippen LogP) is 1.12. The lowest BCUT2D eigenvalue weighted by molar-refractivity contribution is 0.101. The first-order chi connectivity index (χ1) is 8.83. The maximum absolute atomic E-state index is 11.9. The molecule has 0 spiro atoms. The van der Waals surface area contributed by atoms with Crippen molar-refractivity contribution in [1.29, 1.82) is 0 Å². The molecule has 0 atom stereocenters. The Balaban J connectivity index is 2.64. The summed E-state index contributed by atoms with van der Waals surface area (Å²) < 4.78 is 26.4. The second-order valence-electron chi connectivity index (χ2n) is 4.64. The third-order valence-electron chi connectivity index (χ3n) is 2.65. The number of rotatable bonds is 7. The molecule has 0 aliphatic rings. The lowest BCUT2D eigenvalue weighted by Crippen LogP contribution is -2.27. The van der Waals surface area contributed by atoms with Crippen molar-refractivity contribution in [3.8, 4) is 0 Å². The largest absolute Gasteiger partial charge is 0.309 e. The number of ketones is 1. The summed E-state index contributed by atoms with van der Waals surface area (Å²) in [6, 6.07) is 5.95. The minimum Gasteiger partial charge on any atom is -0.309 e. The third kappa shape index (κ3) is 5.10. The first kappa shape index (κ1) is 15.8. The number of carbonyl (C=O) groups excluding carboxylic acids is 1. The van der Waals surface area contributed by atoms with E-state index in [0.29, 0.717) is 12.1 Å². The SMILES string of the molecule is CC(=O)c1ccc(S(=O)(=O)NCCCN(C)C)cc1. The van der Waals surface area contributed by atoms with Crippen molar-refractivity contribution >= 4 is 15.8 Å². The molecular weight excluding hydrogens is 264 g/mol. The molecule has 106 valence electrons. The molecule has 0 radical (unpaired) electrons. The lowest BCUT2D eigenvalue weighted by atomic mass is 10.2. The van der Waals surface area contributed by atoms with Crippen molar-refractivity contribution in [2.24, 2.45) is 0 Å². The Kier molecular flexibility index (Phi) is 5.65. The summed E-state index contributed by atoms with van der Waals surface area (Å²) in [6.07, 6.45) is 0.748. The zero-order valence-corrected chi connectivity index (χ0v) is 12.3. The second kappa shape index (κ2) is 6.79. The summed E-state index contributed by atoms with van der Waals surface area (Å²) in [6.45, 7) is 2.67. The van der Waals surface area contributed by atoms with Gasteiger partial charge in [-0.05, 0) is 46.1 Å². The van der Waals surface area contributed by atoms with E-state index in [-0.39, 0.29) is 10.7 Å². The van der Waals surface area contributed by atoms with Crippen LogP contribution in [0.3, 0.4) is 0 Å². The van der Waals surface area contributed by atoms with Gasteiger partial charge in [-0.3, -0.25) is 4.79 Å². The van der Waals surface area contributed by atoms with E-state index >= 15 is 0 Å². The van der Waals surface area contributed by atoms with Crippen LogP contribution in [0.5, 0.6) is 0 Å². The number of sulfonamides is 1. The quantitative estimate of drug-likeness (QED) is 0.602. The van der Waals surface area contributed by atoms with Gasteiger partial charge in [-0.25, -0.2) is 13.1 Å². The van der Waals surface area contributed by atoms with Gasteiger partial charge in [0.1, 0.15) is 0 Å². The smallest absolute Gasteiger partial charge is 0.240 e. The fraction of sp³-hybridized carbons (Fsp3) is 0.462. The summed E-state index contributed by atoms with van der Waals surface area (Å²) in [5.41, 5.74) is 0.506. The molecule has 1 N–H and O–H groups in total. The highest BCUT2D eigenvalue weighted by Gasteiger charge is 2.13. The minimum atomic E-state index is -3.48. The van der Waals surface area contributed by atoms with Crippen LogP contribution in [0, 0.1) is 0 Å². The highest BCUT2D eigenvalue weighted by molar-refractivity contribution is 7.89. The van der Waals surface area contributed by atoms with Gasteiger partial charge in [-0.15, -0.1) is 0 Å². The Morgan fingerprint density at radius 3 is 2.26 bits per heavy atom. The standard InChI is InChI=1S/C13H20N2O3S/c1-11(16)12-5-7-13(8-6-12)19(17,18)14-9-4-10-15(2)3/h5-8,14H,4,9-10H2,1-3H3. The summed E-state index contributed by atoms with van der Waals surface area (Å²) >= 11 is 0. The van der Waals surface area contributed by atoms with E-state index in [1.165, 1.54) is 31.2 Å². The Morgan fingerprint density at radius 2 is 1.79 bits per heavy atom. The monoisotopic (exact) mass is 284 g/mol. The van der Waals surface area contributed by atoms with E-state index in [9.17, 15) is 13.2 Å². The molecule has 0 unspecified atom stereocenters. The summed E-state index contributed by atoms with van der Waals surface area (Å²) in [5.74, 6) is -0.0807. The van der Waals surface area contributed by atoms with Gasteiger partial charge in [0, 0.05) is 12.1 Å². The van der Waals surface area contributed by atoms with E-state index in [1.807, 2.05) is 19.0 Å². The number of carbonyl (C=O) groups is 1. The first-order valence-electron chi connectivity index (χ1n) is 6.08. The fourth-order valence-corrected chi connectivity index (χ4v) is 2.63. The maximum Gasteiger partial charge on any atom is 0.240 e. The fourth-order valence-electron chi connectivity index (χ4n) is 1.55. The molecule has 6 heteroatoms. The summed E-state index contributed by atoms with van der Waals surface area (Å²) in [7, 11) is 0.398. The zero-order valence-electron chi connectivity index (χ0n) is 11.5. The van der Waals surface area contributed by atoms with Crippen LogP contribution >= 0.6 is 0 Å². The van der Waals surface area contributed by atoms with E-state index in [1.54, 1.807) is 0 Å². The molecule has 0 amide bonds. The highest BCUT2D eigenvalue weighted by Crippen LogP contribution is 2.10. The highest BCUT2D eigenvalue weighted by atomic mass is 32.2. The molecular formula is C13H20N2O3S. The molecule has 0 fully saturated rings. The van der Waals surface area contributed by atoms with E-state index in [4.69, 9.17) is 0 Å². The summed E-state index contributed by atoms with van der Waals surface area (Å²) in [4.78, 5) is 13.3. The number of benzene rings is 1. The second-order valence-corrected chi connectivity index (χ2v) is 6.40. The first-order valence-corrected chi connectivity index (χ1v) is 7.56. The number of hydrogen-bond donors (Lipinski definition) is 1. The van der Waals surface area contributed by atoms with Gasteiger partial charge in [0.2, 0.25) is 10.0 Å². The van der Waals surface area contributed by atoms with Gasteiger partial charge in [0.05, 0.1) is 4.90 Å². The van der Waals surface area contributed by atoms with Crippen LogP contribution < -0.4 is 4.72 Å². The lowest BCUT2D eigenvalue weighted by Gasteiger charge is -2.10. The van der Waals surface area contributed by atoms with Gasteiger partial charge in [-0.2, -0.15) is 0 Å². The van der Waals surface area contributed by atoms with Crippen LogP contribution in [0.15, 0.2) is 29.2 Å². The normalized spacial score (nSPS) is 11.8. The molecule has 0 heterocycles. The molecule has 0 aliphatic heterocycles. The molecule has 5 nitrogen and oxygen atoms in total. The Bertz CT molecular complexity index is 521. The molecule has 1 aromatic rings. The Morgan fingerprint density at radius 1 is 1.21 bits per heavy atom. The molecule has 0 saturated heterocycles.